The second-order valence-electron chi connectivity index (χ2n) is 4.61. The summed E-state index contributed by atoms with van der Waals surface area (Å²) in [6, 6.07) is 5.44. The van der Waals surface area contributed by atoms with Crippen molar-refractivity contribution >= 4 is 23.2 Å². The van der Waals surface area contributed by atoms with Gasteiger partial charge in [-0.2, -0.15) is 5.10 Å². The number of thiophene rings is 1. The largest absolute Gasteiger partial charge is 0.354 e. The van der Waals surface area contributed by atoms with Gasteiger partial charge in [0.15, 0.2) is 0 Å². The van der Waals surface area contributed by atoms with Crippen molar-refractivity contribution in [3.63, 3.8) is 0 Å². The molecule has 2 aromatic rings. The second kappa shape index (κ2) is 7.58. The van der Waals surface area contributed by atoms with E-state index >= 15 is 0 Å². The summed E-state index contributed by atoms with van der Waals surface area (Å²) in [6.45, 7) is 1.40. The minimum absolute atomic E-state index is 0.0680. The monoisotopic (exact) mass is 306 g/mol. The van der Waals surface area contributed by atoms with Gasteiger partial charge in [-0.1, -0.05) is 6.07 Å². The number of aryl methyl sites for hydroxylation is 1. The van der Waals surface area contributed by atoms with E-state index in [4.69, 9.17) is 0 Å². The van der Waals surface area contributed by atoms with Crippen molar-refractivity contribution < 1.29 is 9.59 Å². The molecule has 0 atom stereocenters. The number of rotatable bonds is 7. The van der Waals surface area contributed by atoms with Crippen LogP contribution < -0.4 is 5.32 Å². The number of likely N-dealkylation sites (N-methyl/N-ethyl adjacent to an activating group) is 1. The summed E-state index contributed by atoms with van der Waals surface area (Å²) < 4.78 is 1.82. The van der Waals surface area contributed by atoms with Gasteiger partial charge in [-0.05, 0) is 23.9 Å². The van der Waals surface area contributed by atoms with E-state index in [-0.39, 0.29) is 18.4 Å². The number of nitrogens with one attached hydrogen (secondary N) is 1. The van der Waals surface area contributed by atoms with E-state index in [9.17, 15) is 9.59 Å². The molecule has 0 saturated heterocycles. The van der Waals surface area contributed by atoms with Crippen molar-refractivity contribution in [1.82, 2.24) is 20.0 Å². The van der Waals surface area contributed by atoms with Crippen molar-refractivity contribution in [3.05, 3.63) is 40.8 Å². The molecule has 2 rings (SSSR count). The summed E-state index contributed by atoms with van der Waals surface area (Å²) in [4.78, 5) is 25.8. The van der Waals surface area contributed by atoms with Gasteiger partial charge >= 0.3 is 0 Å². The highest BCUT2D eigenvalue weighted by Crippen LogP contribution is 2.10. The maximum atomic E-state index is 12.0. The summed E-state index contributed by atoms with van der Waals surface area (Å²) in [7, 11) is 1.63. The number of carbonyl (C=O) groups excluding carboxylic acids is 2. The van der Waals surface area contributed by atoms with E-state index in [1.807, 2.05) is 28.4 Å². The van der Waals surface area contributed by atoms with Gasteiger partial charge in [0, 0.05) is 32.5 Å². The maximum absolute atomic E-state index is 12.0. The minimum Gasteiger partial charge on any atom is -0.354 e. The molecule has 112 valence electrons. The molecule has 2 amide bonds. The SMILES string of the molecule is CN(CC(=O)NCCCn1cccn1)C(=O)c1cccs1. The molecule has 0 radical (unpaired) electrons. The molecule has 0 aliphatic carbocycles. The van der Waals surface area contributed by atoms with E-state index in [0.29, 0.717) is 11.4 Å². The standard InChI is InChI=1S/C14H18N4O2S/c1-17(14(20)12-5-2-10-21-12)11-13(19)15-6-3-8-18-9-4-7-16-18/h2,4-5,7,9-10H,3,6,8,11H2,1H3,(H,15,19). The van der Waals surface area contributed by atoms with Crippen molar-refractivity contribution in [3.8, 4) is 0 Å². The van der Waals surface area contributed by atoms with Gasteiger partial charge in [-0.25, -0.2) is 0 Å². The number of amides is 2. The van der Waals surface area contributed by atoms with Crippen molar-refractivity contribution in [2.45, 2.75) is 13.0 Å². The Hall–Kier alpha value is -2.15. The molecule has 2 heterocycles. The minimum atomic E-state index is -0.150. The van der Waals surface area contributed by atoms with Gasteiger partial charge in [0.1, 0.15) is 0 Å². The second-order valence-corrected chi connectivity index (χ2v) is 5.56. The highest BCUT2D eigenvalue weighted by atomic mass is 32.1. The molecular formula is C14H18N4O2S. The van der Waals surface area contributed by atoms with Crippen molar-refractivity contribution in [2.24, 2.45) is 0 Å². The first-order chi connectivity index (χ1) is 10.2. The van der Waals surface area contributed by atoms with Crippen LogP contribution in [-0.4, -0.2) is 46.6 Å². The summed E-state index contributed by atoms with van der Waals surface area (Å²) in [5, 5.41) is 8.73. The van der Waals surface area contributed by atoms with Crippen LogP contribution in [0.2, 0.25) is 0 Å². The average Bonchev–Trinajstić information content (AvgIpc) is 3.15. The molecule has 6 nitrogen and oxygen atoms in total. The molecule has 0 unspecified atom stereocenters. The molecule has 0 saturated carbocycles. The summed E-state index contributed by atoms with van der Waals surface area (Å²) >= 11 is 1.37. The lowest BCUT2D eigenvalue weighted by atomic mass is 10.4. The third kappa shape index (κ3) is 4.71. The maximum Gasteiger partial charge on any atom is 0.264 e. The summed E-state index contributed by atoms with van der Waals surface area (Å²) in [5.41, 5.74) is 0. The quantitative estimate of drug-likeness (QED) is 0.782. The van der Waals surface area contributed by atoms with Gasteiger partial charge in [0.25, 0.3) is 5.91 Å². The van der Waals surface area contributed by atoms with Gasteiger partial charge < -0.3 is 10.2 Å². The lowest BCUT2D eigenvalue weighted by molar-refractivity contribution is -0.121. The van der Waals surface area contributed by atoms with E-state index in [2.05, 4.69) is 10.4 Å². The first-order valence-electron chi connectivity index (χ1n) is 6.70. The van der Waals surface area contributed by atoms with Crippen LogP contribution in [-0.2, 0) is 11.3 Å². The summed E-state index contributed by atoms with van der Waals surface area (Å²) in [5.74, 6) is -0.278. The van der Waals surface area contributed by atoms with Gasteiger partial charge in [0.2, 0.25) is 5.91 Å². The van der Waals surface area contributed by atoms with Crippen LogP contribution in [0, 0.1) is 0 Å². The number of aromatic nitrogens is 2. The van der Waals surface area contributed by atoms with Crippen LogP contribution >= 0.6 is 11.3 Å². The summed E-state index contributed by atoms with van der Waals surface area (Å²) in [6.07, 6.45) is 4.41. The molecule has 2 aromatic heterocycles. The highest BCUT2D eigenvalue weighted by molar-refractivity contribution is 7.12. The van der Waals surface area contributed by atoms with Crippen LogP contribution in [0.15, 0.2) is 36.0 Å². The number of carbonyl (C=O) groups is 2. The van der Waals surface area contributed by atoms with Gasteiger partial charge in [0.05, 0.1) is 11.4 Å². The molecule has 1 N–H and O–H groups in total. The fourth-order valence-electron chi connectivity index (χ4n) is 1.83. The molecule has 0 spiro atoms. The fraction of sp³-hybridized carbons (Fsp3) is 0.357. The first-order valence-corrected chi connectivity index (χ1v) is 7.58. The van der Waals surface area contributed by atoms with Crippen LogP contribution in [0.25, 0.3) is 0 Å². The molecule has 0 aliphatic rings. The van der Waals surface area contributed by atoms with Crippen LogP contribution in [0.1, 0.15) is 16.1 Å². The van der Waals surface area contributed by atoms with E-state index in [1.54, 1.807) is 19.3 Å². The predicted molar refractivity (Wildman–Crippen MR) is 81.1 cm³/mol. The Balaban J connectivity index is 1.65. The number of hydrogen-bond donors (Lipinski definition) is 1. The molecular weight excluding hydrogens is 288 g/mol. The topological polar surface area (TPSA) is 67.2 Å². The zero-order valence-electron chi connectivity index (χ0n) is 11.9. The Morgan fingerprint density at radius 1 is 1.43 bits per heavy atom. The molecule has 0 fully saturated rings. The molecule has 7 heteroatoms. The number of hydrogen-bond acceptors (Lipinski definition) is 4. The number of nitrogens with zero attached hydrogens (tertiary/aromatic N) is 3. The zero-order valence-corrected chi connectivity index (χ0v) is 12.7. The van der Waals surface area contributed by atoms with Gasteiger partial charge in [-0.3, -0.25) is 14.3 Å². The Bertz CT molecular complexity index is 566. The average molecular weight is 306 g/mol. The molecule has 0 aliphatic heterocycles. The Morgan fingerprint density at radius 3 is 2.95 bits per heavy atom. The lowest BCUT2D eigenvalue weighted by Crippen LogP contribution is -2.38. The fourth-order valence-corrected chi connectivity index (χ4v) is 2.55. The van der Waals surface area contributed by atoms with E-state index in [0.717, 1.165) is 13.0 Å². The molecule has 0 aromatic carbocycles. The Labute approximate surface area is 127 Å². The molecule has 21 heavy (non-hydrogen) atoms. The van der Waals surface area contributed by atoms with Crippen molar-refractivity contribution in [1.29, 1.82) is 0 Å². The zero-order chi connectivity index (χ0) is 15.1. The highest BCUT2D eigenvalue weighted by Gasteiger charge is 2.15. The lowest BCUT2D eigenvalue weighted by Gasteiger charge is -2.15. The third-order valence-corrected chi connectivity index (χ3v) is 3.76. The molecule has 0 bridgehead atoms. The van der Waals surface area contributed by atoms with Crippen LogP contribution in [0.4, 0.5) is 0 Å². The van der Waals surface area contributed by atoms with E-state index < -0.39 is 0 Å². The Kier molecular flexibility index (Phi) is 5.51. The third-order valence-electron chi connectivity index (χ3n) is 2.90. The van der Waals surface area contributed by atoms with Gasteiger partial charge in [-0.15, -0.1) is 11.3 Å². The predicted octanol–water partition coefficient (Wildman–Crippen LogP) is 1.22. The normalized spacial score (nSPS) is 10.3. The van der Waals surface area contributed by atoms with E-state index in [1.165, 1.54) is 16.2 Å². The Morgan fingerprint density at radius 2 is 2.29 bits per heavy atom. The smallest absolute Gasteiger partial charge is 0.264 e. The van der Waals surface area contributed by atoms with Crippen LogP contribution in [0.3, 0.4) is 0 Å². The first kappa shape index (κ1) is 15.2. The van der Waals surface area contributed by atoms with Crippen LogP contribution in [0.5, 0.6) is 0 Å². The van der Waals surface area contributed by atoms with Crippen molar-refractivity contribution in [2.75, 3.05) is 20.1 Å².